The lowest BCUT2D eigenvalue weighted by Gasteiger charge is -2.40. The van der Waals surface area contributed by atoms with Crippen LogP contribution in [-0.4, -0.2) is 37.7 Å². The standard InChI is InChI=1S/C32H33N3O2/c1-23-7-14-30-29(19-23)32(22-35(30)31(36)33-27-10-12-28(37-2)13-11-27)15-17-34(18-16-32)21-24-8-9-25-5-3-4-6-26(25)20-24/h3-14,19-20H,15-18,21-22H2,1-2H3,(H,33,36). The summed E-state index contributed by atoms with van der Waals surface area (Å²) in [5.41, 5.74) is 5.73. The molecular formula is C32H33N3O2. The first kappa shape index (κ1) is 23.6. The summed E-state index contributed by atoms with van der Waals surface area (Å²) in [6.07, 6.45) is 2.09. The fourth-order valence-electron chi connectivity index (χ4n) is 5.99. The van der Waals surface area contributed by atoms with Crippen LogP contribution in [0.3, 0.4) is 0 Å². The molecule has 0 bridgehead atoms. The Bertz CT molecular complexity index is 1440. The molecule has 0 saturated carbocycles. The van der Waals surface area contributed by atoms with E-state index < -0.39 is 0 Å². The number of piperidine rings is 1. The van der Waals surface area contributed by atoms with Gasteiger partial charge in [-0.3, -0.25) is 9.80 Å². The van der Waals surface area contributed by atoms with E-state index in [2.05, 4.69) is 77.8 Å². The van der Waals surface area contributed by atoms with Crippen LogP contribution in [0.15, 0.2) is 84.9 Å². The predicted molar refractivity (Wildman–Crippen MR) is 151 cm³/mol. The second-order valence-corrected chi connectivity index (χ2v) is 10.5. The smallest absolute Gasteiger partial charge is 0.326 e. The van der Waals surface area contributed by atoms with Crippen molar-refractivity contribution in [2.45, 2.75) is 31.7 Å². The van der Waals surface area contributed by atoms with Gasteiger partial charge in [-0.2, -0.15) is 0 Å². The lowest BCUT2D eigenvalue weighted by molar-refractivity contribution is 0.160. The molecule has 2 aliphatic rings. The molecule has 37 heavy (non-hydrogen) atoms. The van der Waals surface area contributed by atoms with Crippen molar-refractivity contribution in [3.63, 3.8) is 0 Å². The molecule has 4 aromatic rings. The Hall–Kier alpha value is -3.83. The number of nitrogens with one attached hydrogen (secondary N) is 1. The number of carbonyl (C=O) groups is 1. The van der Waals surface area contributed by atoms with Crippen LogP contribution in [0.5, 0.6) is 5.75 Å². The van der Waals surface area contributed by atoms with E-state index in [1.165, 1.54) is 27.5 Å². The number of methoxy groups -OCH3 is 1. The Morgan fingerprint density at radius 2 is 1.68 bits per heavy atom. The molecule has 1 N–H and O–H groups in total. The summed E-state index contributed by atoms with van der Waals surface area (Å²) in [5, 5.41) is 5.67. The minimum absolute atomic E-state index is 0.00150. The van der Waals surface area contributed by atoms with Gasteiger partial charge in [-0.1, -0.05) is 54.1 Å². The van der Waals surface area contributed by atoms with E-state index in [-0.39, 0.29) is 11.4 Å². The summed E-state index contributed by atoms with van der Waals surface area (Å²) in [4.78, 5) is 17.9. The van der Waals surface area contributed by atoms with Crippen molar-refractivity contribution < 1.29 is 9.53 Å². The average molecular weight is 492 g/mol. The van der Waals surface area contributed by atoms with Gasteiger partial charge in [0.2, 0.25) is 0 Å². The predicted octanol–water partition coefficient (Wildman–Crippen LogP) is 6.74. The van der Waals surface area contributed by atoms with Gasteiger partial charge in [0.05, 0.1) is 7.11 Å². The van der Waals surface area contributed by atoms with Crippen molar-refractivity contribution >= 4 is 28.2 Å². The van der Waals surface area contributed by atoms with Crippen LogP contribution < -0.4 is 15.0 Å². The second-order valence-electron chi connectivity index (χ2n) is 10.5. The number of benzene rings is 4. The molecule has 5 nitrogen and oxygen atoms in total. The van der Waals surface area contributed by atoms with E-state index in [0.29, 0.717) is 0 Å². The number of aryl methyl sites for hydroxylation is 1. The van der Waals surface area contributed by atoms with Gasteiger partial charge in [-0.05, 0) is 91.2 Å². The normalized spacial score (nSPS) is 16.6. The van der Waals surface area contributed by atoms with Crippen molar-refractivity contribution in [3.05, 3.63) is 102 Å². The highest BCUT2D eigenvalue weighted by Gasteiger charge is 2.46. The first-order valence-electron chi connectivity index (χ1n) is 13.1. The minimum Gasteiger partial charge on any atom is -0.497 e. The first-order chi connectivity index (χ1) is 18.0. The van der Waals surface area contributed by atoms with Gasteiger partial charge in [0.15, 0.2) is 0 Å². The van der Waals surface area contributed by atoms with Crippen LogP contribution in [0.1, 0.15) is 29.5 Å². The summed E-state index contributed by atoms with van der Waals surface area (Å²) in [7, 11) is 1.64. The average Bonchev–Trinajstić information content (AvgIpc) is 3.23. The van der Waals surface area contributed by atoms with E-state index in [4.69, 9.17) is 4.74 Å². The zero-order valence-corrected chi connectivity index (χ0v) is 21.5. The highest BCUT2D eigenvalue weighted by atomic mass is 16.5. The summed E-state index contributed by atoms with van der Waals surface area (Å²) in [6.45, 7) is 5.87. The van der Waals surface area contributed by atoms with Gasteiger partial charge in [0.1, 0.15) is 5.75 Å². The van der Waals surface area contributed by atoms with Gasteiger partial charge in [-0.15, -0.1) is 0 Å². The lowest BCUT2D eigenvalue weighted by atomic mass is 9.74. The summed E-state index contributed by atoms with van der Waals surface area (Å²) in [6, 6.07) is 29.3. The Morgan fingerprint density at radius 1 is 0.919 bits per heavy atom. The number of hydrogen-bond acceptors (Lipinski definition) is 3. The maximum atomic E-state index is 13.4. The number of ether oxygens (including phenoxy) is 1. The van der Waals surface area contributed by atoms with Crippen LogP contribution >= 0.6 is 0 Å². The zero-order valence-electron chi connectivity index (χ0n) is 21.5. The Morgan fingerprint density at radius 3 is 2.43 bits per heavy atom. The molecular weight excluding hydrogens is 458 g/mol. The molecule has 1 spiro atoms. The van der Waals surface area contributed by atoms with Crippen LogP contribution in [-0.2, 0) is 12.0 Å². The number of likely N-dealkylation sites (tertiary alicyclic amines) is 1. The molecule has 0 aliphatic carbocycles. The largest absolute Gasteiger partial charge is 0.497 e. The highest BCUT2D eigenvalue weighted by Crippen LogP contribution is 2.47. The zero-order chi connectivity index (χ0) is 25.4. The van der Waals surface area contributed by atoms with Crippen LogP contribution in [0.2, 0.25) is 0 Å². The number of urea groups is 1. The van der Waals surface area contributed by atoms with Crippen LogP contribution in [0.25, 0.3) is 10.8 Å². The summed E-state index contributed by atoms with van der Waals surface area (Å²) in [5.74, 6) is 0.773. The van der Waals surface area contributed by atoms with Crippen molar-refractivity contribution in [2.75, 3.05) is 37.0 Å². The molecule has 0 unspecified atom stereocenters. The molecule has 0 aromatic heterocycles. The fourth-order valence-corrected chi connectivity index (χ4v) is 5.99. The number of anilines is 2. The number of carbonyl (C=O) groups excluding carboxylic acids is 1. The molecule has 1 saturated heterocycles. The van der Waals surface area contributed by atoms with Gasteiger partial charge >= 0.3 is 6.03 Å². The fraction of sp³-hybridized carbons (Fsp3) is 0.281. The molecule has 0 atom stereocenters. The van der Waals surface area contributed by atoms with Crippen molar-refractivity contribution in [3.8, 4) is 5.75 Å². The first-order valence-corrected chi connectivity index (χ1v) is 13.1. The van der Waals surface area contributed by atoms with E-state index in [1.54, 1.807) is 7.11 Å². The molecule has 188 valence electrons. The topological polar surface area (TPSA) is 44.8 Å². The van der Waals surface area contributed by atoms with E-state index in [0.717, 1.165) is 56.1 Å². The number of hydrogen-bond donors (Lipinski definition) is 1. The Labute approximate surface area is 218 Å². The number of rotatable bonds is 4. The molecule has 2 heterocycles. The van der Waals surface area contributed by atoms with Crippen LogP contribution in [0.4, 0.5) is 16.2 Å². The second kappa shape index (κ2) is 9.56. The maximum absolute atomic E-state index is 13.4. The molecule has 4 aromatic carbocycles. The maximum Gasteiger partial charge on any atom is 0.326 e. The van der Waals surface area contributed by atoms with Gasteiger partial charge in [0.25, 0.3) is 0 Å². The van der Waals surface area contributed by atoms with Crippen molar-refractivity contribution in [1.82, 2.24) is 4.90 Å². The van der Waals surface area contributed by atoms with E-state index in [1.807, 2.05) is 29.2 Å². The van der Waals surface area contributed by atoms with Gasteiger partial charge in [-0.25, -0.2) is 4.79 Å². The summed E-state index contributed by atoms with van der Waals surface area (Å²) < 4.78 is 5.24. The number of amides is 2. The molecule has 0 radical (unpaired) electrons. The molecule has 6 rings (SSSR count). The monoisotopic (exact) mass is 491 g/mol. The van der Waals surface area contributed by atoms with E-state index >= 15 is 0 Å². The van der Waals surface area contributed by atoms with Crippen LogP contribution in [0, 0.1) is 6.92 Å². The number of fused-ring (bicyclic) bond motifs is 3. The van der Waals surface area contributed by atoms with Gasteiger partial charge < -0.3 is 10.1 Å². The summed E-state index contributed by atoms with van der Waals surface area (Å²) >= 11 is 0. The third kappa shape index (κ3) is 4.56. The van der Waals surface area contributed by atoms with Crippen molar-refractivity contribution in [1.29, 1.82) is 0 Å². The number of nitrogens with zero attached hydrogens (tertiary/aromatic N) is 2. The Kier molecular flexibility index (Phi) is 6.09. The minimum atomic E-state index is -0.0780. The Balaban J connectivity index is 1.18. The SMILES string of the molecule is COc1ccc(NC(=O)N2CC3(CCN(Cc4ccc5ccccc5c4)CC3)c3cc(C)ccc32)cc1. The lowest BCUT2D eigenvalue weighted by Crippen LogP contribution is -2.46. The molecule has 1 fully saturated rings. The van der Waals surface area contributed by atoms with E-state index in [9.17, 15) is 4.79 Å². The molecule has 2 amide bonds. The molecule has 2 aliphatic heterocycles. The third-order valence-electron chi connectivity index (χ3n) is 8.09. The third-order valence-corrected chi connectivity index (χ3v) is 8.09. The molecule has 5 heteroatoms. The van der Waals surface area contributed by atoms with Crippen molar-refractivity contribution in [2.24, 2.45) is 0 Å². The quantitative estimate of drug-likeness (QED) is 0.344. The highest BCUT2D eigenvalue weighted by molar-refractivity contribution is 6.03. The van der Waals surface area contributed by atoms with Gasteiger partial charge in [0, 0.05) is 29.9 Å².